The number of benzene rings is 2. The Hall–Kier alpha value is -3.91. The van der Waals surface area contributed by atoms with Gasteiger partial charge in [-0.3, -0.25) is 0 Å². The second kappa shape index (κ2) is 7.85. The predicted octanol–water partition coefficient (Wildman–Crippen LogP) is 6.90. The van der Waals surface area contributed by atoms with Crippen LogP contribution in [0.2, 0.25) is 0 Å². The maximum Gasteiger partial charge on any atom is 0.234 e. The van der Waals surface area contributed by atoms with E-state index in [2.05, 4.69) is 53.4 Å². The van der Waals surface area contributed by atoms with Gasteiger partial charge >= 0.3 is 0 Å². The summed E-state index contributed by atoms with van der Waals surface area (Å²) in [5.41, 5.74) is 4.37. The number of hydrogen-bond acceptors (Lipinski definition) is 6. The average molecular weight is 470 g/mol. The summed E-state index contributed by atoms with van der Waals surface area (Å²) in [5.74, 6) is 2.24. The van der Waals surface area contributed by atoms with Crippen LogP contribution >= 0.6 is 11.3 Å². The molecule has 6 nitrogen and oxygen atoms in total. The first-order valence-corrected chi connectivity index (χ1v) is 11.8. The van der Waals surface area contributed by atoms with E-state index in [-0.39, 0.29) is 5.82 Å². The van der Waals surface area contributed by atoms with Gasteiger partial charge in [0.05, 0.1) is 5.52 Å². The molecule has 0 aliphatic rings. The first-order chi connectivity index (χ1) is 16.5. The summed E-state index contributed by atoms with van der Waals surface area (Å²) < 4.78 is 22.0. The summed E-state index contributed by atoms with van der Waals surface area (Å²) in [6.07, 6.45) is 0. The Morgan fingerprint density at radius 3 is 2.50 bits per heavy atom. The number of hydrogen-bond donors (Lipinski definition) is 0. The van der Waals surface area contributed by atoms with E-state index in [4.69, 9.17) is 9.40 Å². The molecule has 0 atom stereocenters. The number of rotatable bonds is 4. The number of halogens is 1. The molecule has 6 aromatic rings. The fourth-order valence-electron chi connectivity index (χ4n) is 3.99. The summed E-state index contributed by atoms with van der Waals surface area (Å²) in [5, 5.41) is 14.3. The zero-order chi connectivity index (χ0) is 23.4. The standard InChI is InChI=1S/C26H20FN5OS/c1-14(2)16-4-6-17(7-5-16)23-10-11-24(33-23)22-13-20(19-12-18(27)8-9-21(19)28-22)25-31-32-15(3)29-30-26(32)34-25/h4-14H,1-3H3. The van der Waals surface area contributed by atoms with Gasteiger partial charge in [0.15, 0.2) is 11.6 Å². The van der Waals surface area contributed by atoms with E-state index >= 15 is 0 Å². The van der Waals surface area contributed by atoms with Crippen molar-refractivity contribution in [3.8, 4) is 33.3 Å². The van der Waals surface area contributed by atoms with Crippen molar-refractivity contribution in [2.75, 3.05) is 0 Å². The molecule has 0 spiro atoms. The van der Waals surface area contributed by atoms with E-state index in [1.165, 1.54) is 29.0 Å². The lowest BCUT2D eigenvalue weighted by molar-refractivity contribution is 0.595. The number of furan rings is 1. The van der Waals surface area contributed by atoms with Gasteiger partial charge in [-0.05, 0) is 54.8 Å². The highest BCUT2D eigenvalue weighted by Crippen LogP contribution is 2.36. The first-order valence-electron chi connectivity index (χ1n) is 11.0. The molecule has 0 N–H and O–H groups in total. The van der Waals surface area contributed by atoms with E-state index in [0.717, 1.165) is 16.9 Å². The fourth-order valence-corrected chi connectivity index (χ4v) is 4.90. The third kappa shape index (κ3) is 3.47. The molecule has 0 saturated heterocycles. The molecule has 8 heteroatoms. The summed E-state index contributed by atoms with van der Waals surface area (Å²) in [4.78, 5) is 5.44. The highest BCUT2D eigenvalue weighted by atomic mass is 32.1. The van der Waals surface area contributed by atoms with Crippen molar-refractivity contribution in [1.29, 1.82) is 0 Å². The molecule has 0 saturated carbocycles. The van der Waals surface area contributed by atoms with E-state index in [1.807, 2.05) is 25.1 Å². The molecule has 0 unspecified atom stereocenters. The summed E-state index contributed by atoms with van der Waals surface area (Å²) in [6.45, 7) is 6.19. The SMILES string of the molecule is Cc1nnc2sc(-c3cc(-c4ccc(-c5ccc(C(C)C)cc5)o4)nc4ccc(F)cc34)nn12. The number of nitrogens with zero attached hydrogens (tertiary/aromatic N) is 5. The van der Waals surface area contributed by atoms with Crippen LogP contribution in [0.1, 0.15) is 31.2 Å². The van der Waals surface area contributed by atoms with E-state index in [9.17, 15) is 4.39 Å². The van der Waals surface area contributed by atoms with Crippen LogP contribution in [0.4, 0.5) is 4.39 Å². The lowest BCUT2D eigenvalue weighted by atomic mass is 10.0. The summed E-state index contributed by atoms with van der Waals surface area (Å²) in [6, 6.07) is 18.7. The quantitative estimate of drug-likeness (QED) is 0.281. The van der Waals surface area contributed by atoms with E-state index in [1.54, 1.807) is 10.6 Å². The summed E-state index contributed by atoms with van der Waals surface area (Å²) >= 11 is 1.40. The van der Waals surface area contributed by atoms with Gasteiger partial charge in [-0.15, -0.1) is 10.2 Å². The molecule has 0 aliphatic heterocycles. The average Bonchev–Trinajstić information content (AvgIpc) is 3.56. The highest BCUT2D eigenvalue weighted by molar-refractivity contribution is 7.19. The molecular weight excluding hydrogens is 449 g/mol. The van der Waals surface area contributed by atoms with Crippen molar-refractivity contribution in [3.63, 3.8) is 0 Å². The van der Waals surface area contributed by atoms with Gasteiger partial charge in [-0.25, -0.2) is 9.37 Å². The molecule has 0 amide bonds. The van der Waals surface area contributed by atoms with Gasteiger partial charge in [0.2, 0.25) is 4.96 Å². The predicted molar refractivity (Wildman–Crippen MR) is 131 cm³/mol. The molecule has 6 rings (SSSR count). The van der Waals surface area contributed by atoms with Crippen molar-refractivity contribution >= 4 is 27.2 Å². The van der Waals surface area contributed by atoms with Gasteiger partial charge in [0.1, 0.15) is 22.3 Å². The number of pyridine rings is 1. The van der Waals surface area contributed by atoms with E-state index in [0.29, 0.717) is 44.1 Å². The van der Waals surface area contributed by atoms with Gasteiger partial charge in [-0.1, -0.05) is 49.4 Å². The lowest BCUT2D eigenvalue weighted by Gasteiger charge is -2.07. The highest BCUT2D eigenvalue weighted by Gasteiger charge is 2.18. The van der Waals surface area contributed by atoms with Gasteiger partial charge in [0.25, 0.3) is 0 Å². The number of fused-ring (bicyclic) bond motifs is 2. The topological polar surface area (TPSA) is 69.1 Å². The Bertz CT molecular complexity index is 1660. The minimum Gasteiger partial charge on any atom is -0.454 e. The van der Waals surface area contributed by atoms with Crippen LogP contribution in [-0.4, -0.2) is 24.8 Å². The molecule has 4 heterocycles. The van der Waals surface area contributed by atoms with Gasteiger partial charge in [0, 0.05) is 16.5 Å². The van der Waals surface area contributed by atoms with Crippen molar-refractivity contribution in [2.24, 2.45) is 0 Å². The Kier molecular flexibility index (Phi) is 4.77. The largest absolute Gasteiger partial charge is 0.454 e. The lowest BCUT2D eigenvalue weighted by Crippen LogP contribution is -1.92. The Morgan fingerprint density at radius 1 is 0.941 bits per heavy atom. The maximum atomic E-state index is 14.1. The minimum atomic E-state index is -0.326. The maximum absolute atomic E-state index is 14.1. The molecule has 2 aromatic carbocycles. The molecule has 168 valence electrons. The molecule has 0 fully saturated rings. The molecule has 0 aliphatic carbocycles. The van der Waals surface area contributed by atoms with Crippen LogP contribution in [-0.2, 0) is 0 Å². The van der Waals surface area contributed by atoms with Crippen LogP contribution in [0.25, 0.3) is 49.2 Å². The van der Waals surface area contributed by atoms with Crippen molar-refractivity contribution in [1.82, 2.24) is 24.8 Å². The Morgan fingerprint density at radius 2 is 1.74 bits per heavy atom. The first kappa shape index (κ1) is 20.7. The van der Waals surface area contributed by atoms with Gasteiger partial charge < -0.3 is 4.42 Å². The third-order valence-electron chi connectivity index (χ3n) is 5.87. The Balaban J connectivity index is 1.47. The van der Waals surface area contributed by atoms with Crippen LogP contribution < -0.4 is 0 Å². The third-order valence-corrected chi connectivity index (χ3v) is 6.80. The normalized spacial score (nSPS) is 11.8. The second-order valence-corrected chi connectivity index (χ2v) is 9.46. The second-order valence-electron chi connectivity index (χ2n) is 8.51. The smallest absolute Gasteiger partial charge is 0.234 e. The zero-order valence-electron chi connectivity index (χ0n) is 18.8. The molecular formula is C26H20FN5OS. The Labute approximate surface area is 198 Å². The minimum absolute atomic E-state index is 0.326. The van der Waals surface area contributed by atoms with Crippen molar-refractivity contribution < 1.29 is 8.81 Å². The molecule has 0 radical (unpaired) electrons. The van der Waals surface area contributed by atoms with Crippen molar-refractivity contribution in [3.05, 3.63) is 77.9 Å². The van der Waals surface area contributed by atoms with Crippen molar-refractivity contribution in [2.45, 2.75) is 26.7 Å². The van der Waals surface area contributed by atoms with Gasteiger partial charge in [-0.2, -0.15) is 9.61 Å². The molecule has 4 aromatic heterocycles. The fraction of sp³-hybridized carbons (Fsp3) is 0.154. The monoisotopic (exact) mass is 469 g/mol. The molecule has 0 bridgehead atoms. The van der Waals surface area contributed by atoms with Crippen LogP contribution in [0.5, 0.6) is 0 Å². The molecule has 34 heavy (non-hydrogen) atoms. The van der Waals surface area contributed by atoms with Crippen LogP contribution in [0.3, 0.4) is 0 Å². The van der Waals surface area contributed by atoms with E-state index < -0.39 is 0 Å². The zero-order valence-corrected chi connectivity index (χ0v) is 19.6. The van der Waals surface area contributed by atoms with Crippen LogP contribution in [0.15, 0.2) is 65.1 Å². The number of aromatic nitrogens is 5. The number of aryl methyl sites for hydroxylation is 1. The van der Waals surface area contributed by atoms with Crippen LogP contribution in [0, 0.1) is 12.7 Å². The summed E-state index contributed by atoms with van der Waals surface area (Å²) in [7, 11) is 0.